The Kier molecular flexibility index (Phi) is 3.38. The molecule has 1 fully saturated rings. The van der Waals surface area contributed by atoms with E-state index >= 15 is 0 Å². The molecule has 1 atom stereocenters. The molecule has 1 saturated heterocycles. The van der Waals surface area contributed by atoms with Crippen molar-refractivity contribution in [2.24, 2.45) is 10.7 Å². The zero-order valence-electron chi connectivity index (χ0n) is 10.6. The zero-order valence-corrected chi connectivity index (χ0v) is 10.6. The van der Waals surface area contributed by atoms with Gasteiger partial charge in [0.15, 0.2) is 5.96 Å². The standard InChI is InChI=1S/C12H24N4/c1-3-7-16-11(13)14-10-12(16)5-4-8-15(2)9-6-12/h3-10H2,1-2H3,(H2,13,14). The van der Waals surface area contributed by atoms with Crippen LogP contribution >= 0.6 is 0 Å². The van der Waals surface area contributed by atoms with E-state index in [4.69, 9.17) is 5.73 Å². The van der Waals surface area contributed by atoms with Gasteiger partial charge in [-0.1, -0.05) is 6.92 Å². The summed E-state index contributed by atoms with van der Waals surface area (Å²) >= 11 is 0. The van der Waals surface area contributed by atoms with Gasteiger partial charge in [-0.2, -0.15) is 0 Å². The summed E-state index contributed by atoms with van der Waals surface area (Å²) in [4.78, 5) is 9.27. The number of likely N-dealkylation sites (tertiary alicyclic amines) is 1. The average Bonchev–Trinajstić information content (AvgIpc) is 2.46. The van der Waals surface area contributed by atoms with Gasteiger partial charge in [-0.3, -0.25) is 4.99 Å². The topological polar surface area (TPSA) is 44.9 Å². The minimum absolute atomic E-state index is 0.241. The Morgan fingerprint density at radius 1 is 1.38 bits per heavy atom. The van der Waals surface area contributed by atoms with Crippen molar-refractivity contribution in [3.8, 4) is 0 Å². The molecule has 0 aromatic carbocycles. The third-order valence-electron chi connectivity index (χ3n) is 3.97. The second-order valence-corrected chi connectivity index (χ2v) is 5.21. The summed E-state index contributed by atoms with van der Waals surface area (Å²) in [5, 5.41) is 0. The molecule has 4 nitrogen and oxygen atoms in total. The van der Waals surface area contributed by atoms with Crippen LogP contribution in [0.15, 0.2) is 4.99 Å². The molecule has 2 N–H and O–H groups in total. The molecule has 2 rings (SSSR count). The summed E-state index contributed by atoms with van der Waals surface area (Å²) in [7, 11) is 2.21. The third-order valence-corrected chi connectivity index (χ3v) is 3.97. The van der Waals surface area contributed by atoms with Crippen molar-refractivity contribution in [1.29, 1.82) is 0 Å². The van der Waals surface area contributed by atoms with Crippen molar-refractivity contribution < 1.29 is 0 Å². The van der Waals surface area contributed by atoms with Crippen LogP contribution in [0.2, 0.25) is 0 Å². The van der Waals surface area contributed by atoms with E-state index in [1.165, 1.54) is 32.4 Å². The first-order valence-corrected chi connectivity index (χ1v) is 6.44. The summed E-state index contributed by atoms with van der Waals surface area (Å²) in [6.07, 6.45) is 4.85. The first-order chi connectivity index (χ1) is 7.68. The smallest absolute Gasteiger partial charge is 0.191 e. The largest absolute Gasteiger partial charge is 0.370 e. The van der Waals surface area contributed by atoms with Gasteiger partial charge in [-0.05, 0) is 39.3 Å². The van der Waals surface area contributed by atoms with Crippen LogP contribution in [0.5, 0.6) is 0 Å². The van der Waals surface area contributed by atoms with Gasteiger partial charge in [0, 0.05) is 13.1 Å². The molecule has 2 aliphatic heterocycles. The van der Waals surface area contributed by atoms with Gasteiger partial charge in [0.1, 0.15) is 0 Å². The lowest BCUT2D eigenvalue weighted by Gasteiger charge is -2.38. The lowest BCUT2D eigenvalue weighted by atomic mass is 9.89. The molecular formula is C12H24N4. The van der Waals surface area contributed by atoms with Gasteiger partial charge in [0.25, 0.3) is 0 Å². The number of rotatable bonds is 2. The number of nitrogens with zero attached hydrogens (tertiary/aromatic N) is 3. The van der Waals surface area contributed by atoms with Crippen molar-refractivity contribution >= 4 is 5.96 Å². The highest BCUT2D eigenvalue weighted by molar-refractivity contribution is 5.81. The predicted molar refractivity (Wildman–Crippen MR) is 67.6 cm³/mol. The number of hydrogen-bond acceptors (Lipinski definition) is 4. The molecule has 1 unspecified atom stereocenters. The molecule has 0 radical (unpaired) electrons. The van der Waals surface area contributed by atoms with Crippen molar-refractivity contribution in [1.82, 2.24) is 9.80 Å². The van der Waals surface area contributed by atoms with Crippen LogP contribution in [-0.2, 0) is 0 Å². The Hall–Kier alpha value is -0.770. The maximum atomic E-state index is 6.02. The molecule has 1 spiro atoms. The zero-order chi connectivity index (χ0) is 11.6. The predicted octanol–water partition coefficient (Wildman–Crippen LogP) is 0.881. The Bertz CT molecular complexity index is 276. The van der Waals surface area contributed by atoms with E-state index in [1.807, 2.05) is 0 Å². The van der Waals surface area contributed by atoms with Gasteiger partial charge in [0.05, 0.1) is 12.1 Å². The molecule has 0 bridgehead atoms. The molecule has 2 heterocycles. The fourth-order valence-corrected chi connectivity index (χ4v) is 2.96. The van der Waals surface area contributed by atoms with Crippen molar-refractivity contribution in [2.45, 2.75) is 38.1 Å². The van der Waals surface area contributed by atoms with Gasteiger partial charge in [-0.25, -0.2) is 0 Å². The molecule has 92 valence electrons. The summed E-state index contributed by atoms with van der Waals surface area (Å²) in [6, 6.07) is 0. The fraction of sp³-hybridized carbons (Fsp3) is 0.917. The lowest BCUT2D eigenvalue weighted by molar-refractivity contribution is 0.174. The summed E-state index contributed by atoms with van der Waals surface area (Å²) in [6.45, 7) is 6.55. The van der Waals surface area contributed by atoms with E-state index in [9.17, 15) is 0 Å². The summed E-state index contributed by atoms with van der Waals surface area (Å²) < 4.78 is 0. The van der Waals surface area contributed by atoms with Gasteiger partial charge >= 0.3 is 0 Å². The summed E-state index contributed by atoms with van der Waals surface area (Å²) in [5.41, 5.74) is 6.26. The minimum Gasteiger partial charge on any atom is -0.370 e. The lowest BCUT2D eigenvalue weighted by Crippen LogP contribution is -2.52. The molecule has 16 heavy (non-hydrogen) atoms. The normalized spacial score (nSPS) is 31.9. The third kappa shape index (κ3) is 2.03. The molecule has 0 saturated carbocycles. The highest BCUT2D eigenvalue weighted by Gasteiger charge is 2.42. The molecular weight excluding hydrogens is 200 g/mol. The highest BCUT2D eigenvalue weighted by Crippen LogP contribution is 2.32. The van der Waals surface area contributed by atoms with Gasteiger partial charge in [-0.15, -0.1) is 0 Å². The SMILES string of the molecule is CCCN1C(N)=NCC12CCCN(C)CC2. The highest BCUT2D eigenvalue weighted by atomic mass is 15.4. The Balaban J connectivity index is 2.11. The Morgan fingerprint density at radius 2 is 2.19 bits per heavy atom. The van der Waals surface area contributed by atoms with E-state index in [1.54, 1.807) is 0 Å². The molecule has 0 aromatic rings. The number of hydrogen-bond donors (Lipinski definition) is 1. The van der Waals surface area contributed by atoms with Crippen molar-refractivity contribution in [3.05, 3.63) is 0 Å². The van der Waals surface area contributed by atoms with Crippen LogP contribution in [0, 0.1) is 0 Å². The average molecular weight is 224 g/mol. The van der Waals surface area contributed by atoms with Crippen LogP contribution < -0.4 is 5.73 Å². The fourth-order valence-electron chi connectivity index (χ4n) is 2.96. The van der Waals surface area contributed by atoms with E-state index < -0.39 is 0 Å². The van der Waals surface area contributed by atoms with E-state index in [-0.39, 0.29) is 5.54 Å². The maximum absolute atomic E-state index is 6.02. The van der Waals surface area contributed by atoms with Crippen molar-refractivity contribution in [2.75, 3.05) is 33.2 Å². The number of nitrogens with two attached hydrogens (primary N) is 1. The second-order valence-electron chi connectivity index (χ2n) is 5.21. The maximum Gasteiger partial charge on any atom is 0.191 e. The Morgan fingerprint density at radius 3 is 2.94 bits per heavy atom. The van der Waals surface area contributed by atoms with Crippen LogP contribution in [0.1, 0.15) is 32.6 Å². The van der Waals surface area contributed by atoms with E-state index in [0.717, 1.165) is 25.5 Å². The van der Waals surface area contributed by atoms with Crippen molar-refractivity contribution in [3.63, 3.8) is 0 Å². The molecule has 2 aliphatic rings. The van der Waals surface area contributed by atoms with E-state index in [2.05, 4.69) is 28.8 Å². The van der Waals surface area contributed by atoms with Crippen LogP contribution in [0.25, 0.3) is 0 Å². The molecule has 0 amide bonds. The van der Waals surface area contributed by atoms with Crippen LogP contribution in [0.4, 0.5) is 0 Å². The van der Waals surface area contributed by atoms with E-state index in [0.29, 0.717) is 0 Å². The monoisotopic (exact) mass is 224 g/mol. The second kappa shape index (κ2) is 4.62. The van der Waals surface area contributed by atoms with Crippen LogP contribution in [0.3, 0.4) is 0 Å². The molecule has 0 aromatic heterocycles. The first kappa shape index (κ1) is 11.7. The first-order valence-electron chi connectivity index (χ1n) is 6.44. The summed E-state index contributed by atoms with van der Waals surface area (Å²) in [5.74, 6) is 0.770. The molecule has 4 heteroatoms. The Labute approximate surface area is 98.5 Å². The van der Waals surface area contributed by atoms with Gasteiger partial charge < -0.3 is 15.5 Å². The number of aliphatic imine (C=N–C) groups is 1. The molecule has 0 aliphatic carbocycles. The minimum atomic E-state index is 0.241. The number of guanidine groups is 1. The quantitative estimate of drug-likeness (QED) is 0.757. The van der Waals surface area contributed by atoms with Crippen LogP contribution in [-0.4, -0.2) is 54.5 Å². The van der Waals surface area contributed by atoms with Gasteiger partial charge in [0.2, 0.25) is 0 Å².